The number of carboxylic acids is 1. The Morgan fingerprint density at radius 3 is 2.43 bits per heavy atom. The molecule has 0 aliphatic heterocycles. The van der Waals surface area contributed by atoms with E-state index in [1.165, 1.54) is 29.2 Å². The second-order valence-electron chi connectivity index (χ2n) is 5.10. The molecule has 1 aromatic carbocycles. The number of aliphatic carboxylic acids is 1. The summed E-state index contributed by atoms with van der Waals surface area (Å²) in [4.78, 5) is 24.4. The van der Waals surface area contributed by atoms with Crippen molar-refractivity contribution >= 4 is 11.9 Å². The molecule has 0 spiro atoms. The minimum atomic E-state index is -1.03. The number of halogens is 1. The molecule has 1 aliphatic rings. The number of rotatable bonds is 6. The van der Waals surface area contributed by atoms with Crippen LogP contribution in [-0.4, -0.2) is 41.1 Å². The summed E-state index contributed by atoms with van der Waals surface area (Å²) in [5.74, 6) is -1.38. The first-order valence-electron chi connectivity index (χ1n) is 6.96. The Hall–Kier alpha value is -2.11. The standard InChI is InChI=1S/C15H18FNO4/c16-11-5-7-13(8-6-11)21-10-14(18)17(9-15(19)20)12-3-1-2-4-12/h5-8,12H,1-4,9-10H2,(H,19,20). The number of carbonyl (C=O) groups is 2. The molecule has 0 unspecified atom stereocenters. The molecule has 0 atom stereocenters. The van der Waals surface area contributed by atoms with Crippen molar-refractivity contribution in [2.45, 2.75) is 31.7 Å². The lowest BCUT2D eigenvalue weighted by Crippen LogP contribution is -2.44. The first kappa shape index (κ1) is 15.3. The van der Waals surface area contributed by atoms with Crippen LogP contribution in [-0.2, 0) is 9.59 Å². The molecule has 0 radical (unpaired) electrons. The maximum atomic E-state index is 12.8. The maximum Gasteiger partial charge on any atom is 0.323 e. The van der Waals surface area contributed by atoms with Crippen molar-refractivity contribution in [2.24, 2.45) is 0 Å². The number of nitrogens with zero attached hydrogens (tertiary/aromatic N) is 1. The van der Waals surface area contributed by atoms with Gasteiger partial charge < -0.3 is 14.7 Å². The summed E-state index contributed by atoms with van der Waals surface area (Å²) in [5.41, 5.74) is 0. The van der Waals surface area contributed by atoms with Crippen molar-refractivity contribution < 1.29 is 23.8 Å². The van der Waals surface area contributed by atoms with Crippen LogP contribution in [0, 0.1) is 5.82 Å². The van der Waals surface area contributed by atoms with Gasteiger partial charge in [0.05, 0.1) is 0 Å². The van der Waals surface area contributed by atoms with Crippen LogP contribution in [0.25, 0.3) is 0 Å². The van der Waals surface area contributed by atoms with E-state index >= 15 is 0 Å². The zero-order valence-electron chi connectivity index (χ0n) is 11.6. The third-order valence-electron chi connectivity index (χ3n) is 3.57. The molecule has 1 saturated carbocycles. The number of carboxylic acid groups (broad SMARTS) is 1. The molecule has 1 N–H and O–H groups in total. The largest absolute Gasteiger partial charge is 0.484 e. The second-order valence-corrected chi connectivity index (χ2v) is 5.10. The molecular formula is C15H18FNO4. The SMILES string of the molecule is O=C(O)CN(C(=O)COc1ccc(F)cc1)C1CCCC1. The van der Waals surface area contributed by atoms with E-state index in [2.05, 4.69) is 0 Å². The molecule has 1 amide bonds. The van der Waals surface area contributed by atoms with Crippen LogP contribution >= 0.6 is 0 Å². The van der Waals surface area contributed by atoms with Crippen molar-refractivity contribution in [3.63, 3.8) is 0 Å². The van der Waals surface area contributed by atoms with Crippen molar-refractivity contribution in [3.8, 4) is 5.75 Å². The zero-order chi connectivity index (χ0) is 15.2. The van der Waals surface area contributed by atoms with E-state index in [-0.39, 0.29) is 30.9 Å². The van der Waals surface area contributed by atoms with Crippen molar-refractivity contribution in [2.75, 3.05) is 13.2 Å². The first-order valence-corrected chi connectivity index (χ1v) is 6.96. The second kappa shape index (κ2) is 7.06. The highest BCUT2D eigenvalue weighted by molar-refractivity contribution is 5.82. The van der Waals surface area contributed by atoms with E-state index in [0.717, 1.165) is 25.7 Å². The molecule has 114 valence electrons. The van der Waals surface area contributed by atoms with Crippen molar-refractivity contribution in [1.82, 2.24) is 4.90 Å². The number of benzene rings is 1. The van der Waals surface area contributed by atoms with Crippen LogP contribution in [0.1, 0.15) is 25.7 Å². The van der Waals surface area contributed by atoms with Gasteiger partial charge in [0.15, 0.2) is 6.61 Å². The monoisotopic (exact) mass is 295 g/mol. The minimum Gasteiger partial charge on any atom is -0.484 e. The van der Waals surface area contributed by atoms with Gasteiger partial charge in [0.2, 0.25) is 0 Å². The molecule has 1 aliphatic carbocycles. The fraction of sp³-hybridized carbons (Fsp3) is 0.467. The highest BCUT2D eigenvalue weighted by atomic mass is 19.1. The van der Waals surface area contributed by atoms with Crippen LogP contribution in [0.3, 0.4) is 0 Å². The highest BCUT2D eigenvalue weighted by Gasteiger charge is 2.28. The van der Waals surface area contributed by atoms with Gasteiger partial charge in [-0.15, -0.1) is 0 Å². The van der Waals surface area contributed by atoms with Gasteiger partial charge in [0.25, 0.3) is 5.91 Å². The quantitative estimate of drug-likeness (QED) is 0.872. The summed E-state index contributed by atoms with van der Waals surface area (Å²) >= 11 is 0. The van der Waals surface area contributed by atoms with Crippen molar-refractivity contribution in [3.05, 3.63) is 30.1 Å². The van der Waals surface area contributed by atoms with E-state index < -0.39 is 5.97 Å². The Bertz CT molecular complexity index is 497. The van der Waals surface area contributed by atoms with Gasteiger partial charge in [0, 0.05) is 6.04 Å². The Morgan fingerprint density at radius 2 is 1.86 bits per heavy atom. The maximum absolute atomic E-state index is 12.8. The lowest BCUT2D eigenvalue weighted by Gasteiger charge is -2.27. The summed E-state index contributed by atoms with van der Waals surface area (Å²) in [6, 6.07) is 5.32. The minimum absolute atomic E-state index is 0.0228. The van der Waals surface area contributed by atoms with Gasteiger partial charge in [-0.05, 0) is 37.1 Å². The fourth-order valence-corrected chi connectivity index (χ4v) is 2.54. The summed E-state index contributed by atoms with van der Waals surface area (Å²) in [6.45, 7) is -0.550. The topological polar surface area (TPSA) is 66.8 Å². The lowest BCUT2D eigenvalue weighted by atomic mass is 10.2. The van der Waals surface area contributed by atoms with Gasteiger partial charge in [-0.2, -0.15) is 0 Å². The summed E-state index contributed by atoms with van der Waals surface area (Å²) in [7, 11) is 0. The van der Waals surface area contributed by atoms with Gasteiger partial charge >= 0.3 is 5.97 Å². The number of hydrogen-bond acceptors (Lipinski definition) is 3. The van der Waals surface area contributed by atoms with E-state index in [9.17, 15) is 14.0 Å². The van der Waals surface area contributed by atoms with E-state index in [1.807, 2.05) is 0 Å². The molecule has 21 heavy (non-hydrogen) atoms. The van der Waals surface area contributed by atoms with Crippen LogP contribution in [0.5, 0.6) is 5.75 Å². The number of ether oxygens (including phenoxy) is 1. The predicted octanol–water partition coefficient (Wildman–Crippen LogP) is 2.06. The van der Waals surface area contributed by atoms with Gasteiger partial charge in [-0.25, -0.2) is 4.39 Å². The van der Waals surface area contributed by atoms with E-state index in [1.54, 1.807) is 0 Å². The Kier molecular flexibility index (Phi) is 5.14. The lowest BCUT2D eigenvalue weighted by molar-refractivity contribution is -0.147. The fourth-order valence-electron chi connectivity index (χ4n) is 2.54. The van der Waals surface area contributed by atoms with Crippen LogP contribution in [0.4, 0.5) is 4.39 Å². The van der Waals surface area contributed by atoms with Crippen LogP contribution in [0.15, 0.2) is 24.3 Å². The predicted molar refractivity (Wildman–Crippen MR) is 73.5 cm³/mol. The molecule has 1 fully saturated rings. The van der Waals surface area contributed by atoms with Gasteiger partial charge in [-0.3, -0.25) is 9.59 Å². The van der Waals surface area contributed by atoms with Gasteiger partial charge in [0.1, 0.15) is 18.1 Å². The van der Waals surface area contributed by atoms with E-state index in [0.29, 0.717) is 5.75 Å². The average molecular weight is 295 g/mol. The molecule has 1 aromatic rings. The normalized spacial score (nSPS) is 14.9. The summed E-state index contributed by atoms with van der Waals surface area (Å²) in [6.07, 6.45) is 3.67. The molecule has 0 heterocycles. The molecule has 0 aromatic heterocycles. The number of amides is 1. The number of hydrogen-bond donors (Lipinski definition) is 1. The highest BCUT2D eigenvalue weighted by Crippen LogP contribution is 2.23. The third-order valence-corrected chi connectivity index (χ3v) is 3.57. The van der Waals surface area contributed by atoms with Crippen molar-refractivity contribution in [1.29, 1.82) is 0 Å². The summed E-state index contributed by atoms with van der Waals surface area (Å²) in [5, 5.41) is 8.93. The van der Waals surface area contributed by atoms with Crippen LogP contribution in [0.2, 0.25) is 0 Å². The zero-order valence-corrected chi connectivity index (χ0v) is 11.6. The molecule has 6 heteroatoms. The molecule has 0 saturated heterocycles. The Balaban J connectivity index is 1.94. The first-order chi connectivity index (χ1) is 10.1. The molecular weight excluding hydrogens is 277 g/mol. The Labute approximate surface area is 122 Å². The van der Waals surface area contributed by atoms with Gasteiger partial charge in [-0.1, -0.05) is 12.8 Å². The average Bonchev–Trinajstić information content (AvgIpc) is 2.97. The Morgan fingerprint density at radius 1 is 1.24 bits per heavy atom. The van der Waals surface area contributed by atoms with E-state index in [4.69, 9.17) is 9.84 Å². The molecule has 2 rings (SSSR count). The smallest absolute Gasteiger partial charge is 0.323 e. The molecule has 5 nitrogen and oxygen atoms in total. The molecule has 0 bridgehead atoms. The summed E-state index contributed by atoms with van der Waals surface area (Å²) < 4.78 is 18.1. The third kappa shape index (κ3) is 4.44. The number of carbonyl (C=O) groups excluding carboxylic acids is 1. The van der Waals surface area contributed by atoms with Crippen LogP contribution < -0.4 is 4.74 Å².